The van der Waals surface area contributed by atoms with Gasteiger partial charge in [0.05, 0.1) is 6.04 Å². The summed E-state index contributed by atoms with van der Waals surface area (Å²) in [6.45, 7) is 3.20. The van der Waals surface area contributed by atoms with E-state index in [-0.39, 0.29) is 23.9 Å². The zero-order valence-electron chi connectivity index (χ0n) is 16.8. The van der Waals surface area contributed by atoms with Crippen LogP contribution in [0.25, 0.3) is 0 Å². The van der Waals surface area contributed by atoms with Crippen LogP contribution >= 0.6 is 0 Å². The van der Waals surface area contributed by atoms with Crippen LogP contribution < -0.4 is 5.32 Å². The van der Waals surface area contributed by atoms with Gasteiger partial charge in [0.2, 0.25) is 11.8 Å². The van der Waals surface area contributed by atoms with Crippen LogP contribution in [-0.2, 0) is 16.1 Å². The second-order valence-electron chi connectivity index (χ2n) is 7.98. The van der Waals surface area contributed by atoms with E-state index in [2.05, 4.69) is 34.5 Å². The van der Waals surface area contributed by atoms with E-state index >= 15 is 0 Å². The average Bonchev–Trinajstić information content (AvgIpc) is 3.41. The van der Waals surface area contributed by atoms with Gasteiger partial charge in [0.15, 0.2) is 0 Å². The Balaban J connectivity index is 1.42. The summed E-state index contributed by atoms with van der Waals surface area (Å²) >= 11 is 0. The second-order valence-corrected chi connectivity index (χ2v) is 7.98. The van der Waals surface area contributed by atoms with Crippen molar-refractivity contribution in [2.75, 3.05) is 19.6 Å². The van der Waals surface area contributed by atoms with Crippen molar-refractivity contribution in [3.8, 4) is 0 Å². The van der Waals surface area contributed by atoms with Crippen molar-refractivity contribution in [2.24, 2.45) is 0 Å². The number of carbonyl (C=O) groups excluding carboxylic acids is 2. The highest BCUT2D eigenvalue weighted by Gasteiger charge is 2.36. The number of nitrogens with one attached hydrogen (secondary N) is 1. The number of rotatable bonds is 7. The Labute approximate surface area is 172 Å². The van der Waals surface area contributed by atoms with Gasteiger partial charge in [-0.2, -0.15) is 0 Å². The highest BCUT2D eigenvalue weighted by Crippen LogP contribution is 2.25. The summed E-state index contributed by atoms with van der Waals surface area (Å²) in [7, 11) is 0. The first-order chi connectivity index (χ1) is 14.2. The highest BCUT2D eigenvalue weighted by atomic mass is 16.2. The van der Waals surface area contributed by atoms with E-state index in [1.165, 1.54) is 18.4 Å². The Bertz CT molecular complexity index is 819. The minimum Gasteiger partial charge on any atom is -0.352 e. The van der Waals surface area contributed by atoms with Crippen LogP contribution in [0.5, 0.6) is 0 Å². The van der Waals surface area contributed by atoms with E-state index in [1.54, 1.807) is 4.90 Å². The molecule has 2 amide bonds. The Morgan fingerprint density at radius 1 is 1.00 bits per heavy atom. The number of benzene rings is 2. The van der Waals surface area contributed by atoms with Crippen molar-refractivity contribution < 1.29 is 9.59 Å². The molecule has 2 aliphatic rings. The molecular formula is C24H29N3O2. The smallest absolute Gasteiger partial charge is 0.242 e. The van der Waals surface area contributed by atoms with Gasteiger partial charge in [-0.25, -0.2) is 0 Å². The number of amides is 2. The molecule has 0 spiro atoms. The fourth-order valence-electron chi connectivity index (χ4n) is 4.49. The van der Waals surface area contributed by atoms with E-state index in [1.807, 2.05) is 36.4 Å². The van der Waals surface area contributed by atoms with Gasteiger partial charge in [0, 0.05) is 19.5 Å². The summed E-state index contributed by atoms with van der Waals surface area (Å²) in [5.41, 5.74) is 2.29. The van der Waals surface area contributed by atoms with Crippen LogP contribution in [0.3, 0.4) is 0 Å². The van der Waals surface area contributed by atoms with Gasteiger partial charge in [-0.3, -0.25) is 14.5 Å². The summed E-state index contributed by atoms with van der Waals surface area (Å²) in [6.07, 6.45) is 3.45. The van der Waals surface area contributed by atoms with Crippen LogP contribution in [0.4, 0.5) is 0 Å². The van der Waals surface area contributed by atoms with Crippen molar-refractivity contribution in [1.82, 2.24) is 15.1 Å². The molecule has 4 rings (SSSR count). The van der Waals surface area contributed by atoms with E-state index < -0.39 is 0 Å². The lowest BCUT2D eigenvalue weighted by Gasteiger charge is -2.30. The summed E-state index contributed by atoms with van der Waals surface area (Å²) in [5.74, 6) is 0.0278. The third kappa shape index (κ3) is 4.67. The summed E-state index contributed by atoms with van der Waals surface area (Å²) in [4.78, 5) is 29.6. The largest absolute Gasteiger partial charge is 0.352 e. The molecule has 2 saturated heterocycles. The standard InChI is InChI=1S/C24H29N3O2/c28-23-14-13-21(27(23)18-19-9-3-1-4-10-19)24(29)25-17-22(26-15-7-8-16-26)20-11-5-2-6-12-20/h1-6,9-12,21-22H,7-8,13-18H2,(H,25,29). The molecule has 5 nitrogen and oxygen atoms in total. The molecule has 2 aromatic carbocycles. The second kappa shape index (κ2) is 9.23. The Kier molecular flexibility index (Phi) is 6.25. The first-order valence-corrected chi connectivity index (χ1v) is 10.6. The quantitative estimate of drug-likeness (QED) is 0.789. The van der Waals surface area contributed by atoms with E-state index in [9.17, 15) is 9.59 Å². The molecule has 2 aliphatic heterocycles. The molecule has 0 bridgehead atoms. The molecule has 2 aromatic rings. The summed E-state index contributed by atoms with van der Waals surface area (Å²) < 4.78 is 0. The molecule has 0 radical (unpaired) electrons. The maximum Gasteiger partial charge on any atom is 0.242 e. The molecule has 0 aromatic heterocycles. The first kappa shape index (κ1) is 19.6. The van der Waals surface area contributed by atoms with Gasteiger partial charge >= 0.3 is 0 Å². The Morgan fingerprint density at radius 2 is 1.66 bits per heavy atom. The number of likely N-dealkylation sites (tertiary alicyclic amines) is 2. The van der Waals surface area contributed by atoms with Gasteiger partial charge in [-0.1, -0.05) is 60.7 Å². The summed E-state index contributed by atoms with van der Waals surface area (Å²) in [5, 5.41) is 3.16. The van der Waals surface area contributed by atoms with Crippen LogP contribution in [0.2, 0.25) is 0 Å². The molecule has 2 unspecified atom stereocenters. The maximum atomic E-state index is 13.0. The molecule has 0 saturated carbocycles. The van der Waals surface area contributed by atoms with Crippen molar-refractivity contribution in [3.05, 3.63) is 71.8 Å². The minimum absolute atomic E-state index is 0.0353. The Hall–Kier alpha value is -2.66. The minimum atomic E-state index is -0.377. The number of nitrogens with zero attached hydrogens (tertiary/aromatic N) is 2. The SMILES string of the molecule is O=C(NCC(c1ccccc1)N1CCCC1)C1CCC(=O)N1Cc1ccccc1. The van der Waals surface area contributed by atoms with Crippen molar-refractivity contribution >= 4 is 11.8 Å². The Morgan fingerprint density at radius 3 is 2.34 bits per heavy atom. The predicted molar refractivity (Wildman–Crippen MR) is 113 cm³/mol. The van der Waals surface area contributed by atoms with Gasteiger partial charge in [-0.15, -0.1) is 0 Å². The third-order valence-corrected chi connectivity index (χ3v) is 6.06. The highest BCUT2D eigenvalue weighted by molar-refractivity contribution is 5.90. The average molecular weight is 392 g/mol. The summed E-state index contributed by atoms with van der Waals surface area (Å²) in [6, 6.07) is 20.1. The number of carbonyl (C=O) groups is 2. The zero-order chi connectivity index (χ0) is 20.1. The zero-order valence-corrected chi connectivity index (χ0v) is 16.8. The van der Waals surface area contributed by atoms with E-state index in [0.717, 1.165) is 18.7 Å². The maximum absolute atomic E-state index is 13.0. The van der Waals surface area contributed by atoms with Crippen molar-refractivity contribution in [3.63, 3.8) is 0 Å². The topological polar surface area (TPSA) is 52.7 Å². The van der Waals surface area contributed by atoms with Crippen LogP contribution in [0, 0.1) is 0 Å². The monoisotopic (exact) mass is 391 g/mol. The fourth-order valence-corrected chi connectivity index (χ4v) is 4.49. The number of hydrogen-bond donors (Lipinski definition) is 1. The molecule has 2 atom stereocenters. The molecule has 5 heteroatoms. The van der Waals surface area contributed by atoms with Crippen LogP contribution in [0.15, 0.2) is 60.7 Å². The van der Waals surface area contributed by atoms with Gasteiger partial charge in [0.25, 0.3) is 0 Å². The van der Waals surface area contributed by atoms with Crippen LogP contribution in [0.1, 0.15) is 42.9 Å². The lowest BCUT2D eigenvalue weighted by Crippen LogP contribution is -2.46. The molecule has 1 N–H and O–H groups in total. The third-order valence-electron chi connectivity index (χ3n) is 6.06. The normalized spacial score (nSPS) is 20.8. The lowest BCUT2D eigenvalue weighted by molar-refractivity contribution is -0.135. The van der Waals surface area contributed by atoms with E-state index in [4.69, 9.17) is 0 Å². The molecule has 29 heavy (non-hydrogen) atoms. The molecule has 152 valence electrons. The predicted octanol–water partition coefficient (Wildman–Crippen LogP) is 3.13. The van der Waals surface area contributed by atoms with Gasteiger partial charge < -0.3 is 10.2 Å². The molecule has 2 heterocycles. The molecular weight excluding hydrogens is 362 g/mol. The van der Waals surface area contributed by atoms with Crippen molar-refractivity contribution in [2.45, 2.75) is 44.3 Å². The van der Waals surface area contributed by atoms with Crippen LogP contribution in [-0.4, -0.2) is 47.3 Å². The van der Waals surface area contributed by atoms with E-state index in [0.29, 0.717) is 25.9 Å². The number of hydrogen-bond acceptors (Lipinski definition) is 3. The fraction of sp³-hybridized carbons (Fsp3) is 0.417. The lowest BCUT2D eigenvalue weighted by atomic mass is 10.1. The van der Waals surface area contributed by atoms with Gasteiger partial charge in [0.1, 0.15) is 6.04 Å². The van der Waals surface area contributed by atoms with Crippen molar-refractivity contribution in [1.29, 1.82) is 0 Å². The van der Waals surface area contributed by atoms with Gasteiger partial charge in [-0.05, 0) is 43.5 Å². The first-order valence-electron chi connectivity index (χ1n) is 10.6. The molecule has 2 fully saturated rings. The molecule has 0 aliphatic carbocycles.